The van der Waals surface area contributed by atoms with Gasteiger partial charge in [0.25, 0.3) is 0 Å². The molecule has 7 nitrogen and oxygen atoms in total. The maximum Gasteiger partial charge on any atom is 0.127 e. The zero-order chi connectivity index (χ0) is 18.5. The van der Waals surface area contributed by atoms with E-state index >= 15 is 0 Å². The van der Waals surface area contributed by atoms with Crippen LogP contribution >= 0.6 is 0 Å². The van der Waals surface area contributed by atoms with Crippen molar-refractivity contribution in [2.45, 2.75) is 25.8 Å². The van der Waals surface area contributed by atoms with Crippen molar-refractivity contribution in [1.82, 2.24) is 29.9 Å². The van der Waals surface area contributed by atoms with Crippen LogP contribution in [0.1, 0.15) is 24.4 Å². The molecule has 0 saturated carbocycles. The Morgan fingerprint density at radius 3 is 2.70 bits per heavy atom. The number of aromatic nitrogens is 5. The average Bonchev–Trinajstić information content (AvgIpc) is 3.24. The smallest absolute Gasteiger partial charge is 0.127 e. The van der Waals surface area contributed by atoms with Crippen molar-refractivity contribution in [1.29, 1.82) is 0 Å². The number of benzene rings is 1. The highest BCUT2D eigenvalue weighted by molar-refractivity contribution is 5.89. The minimum atomic E-state index is 0.193. The molecule has 0 amide bonds. The monoisotopic (exact) mass is 362 g/mol. The van der Waals surface area contributed by atoms with Crippen molar-refractivity contribution < 1.29 is 5.11 Å². The molecule has 0 unspecified atom stereocenters. The maximum absolute atomic E-state index is 10.5. The Labute approximate surface area is 156 Å². The number of phenolic OH excluding ortho intramolecular Hbond substituents is 1. The van der Waals surface area contributed by atoms with E-state index in [1.807, 2.05) is 38.5 Å². The summed E-state index contributed by atoms with van der Waals surface area (Å²) in [5, 5.41) is 24.0. The Morgan fingerprint density at radius 2 is 1.89 bits per heavy atom. The first kappa shape index (κ1) is 16.3. The van der Waals surface area contributed by atoms with Crippen molar-refractivity contribution in [3.63, 3.8) is 0 Å². The molecule has 1 aliphatic heterocycles. The highest BCUT2D eigenvalue weighted by atomic mass is 16.3. The zero-order valence-electron chi connectivity index (χ0n) is 15.5. The maximum atomic E-state index is 10.5. The van der Waals surface area contributed by atoms with E-state index in [-0.39, 0.29) is 5.75 Å². The molecule has 138 valence electrons. The predicted octanol–water partition coefficient (Wildman–Crippen LogP) is 2.92. The number of rotatable bonds is 2. The van der Waals surface area contributed by atoms with Gasteiger partial charge in [-0.15, -0.1) is 0 Å². The number of hydrogen-bond acceptors (Lipinski definition) is 5. The molecule has 1 fully saturated rings. The van der Waals surface area contributed by atoms with Crippen LogP contribution in [-0.2, 0) is 7.05 Å². The Hall–Kier alpha value is -2.93. The van der Waals surface area contributed by atoms with Crippen LogP contribution in [0.3, 0.4) is 0 Å². The molecule has 7 heteroatoms. The Morgan fingerprint density at radius 1 is 1.07 bits per heavy atom. The van der Waals surface area contributed by atoms with E-state index < -0.39 is 0 Å². The van der Waals surface area contributed by atoms with Crippen LogP contribution in [0, 0.1) is 6.92 Å². The fraction of sp³-hybridized carbons (Fsp3) is 0.350. The number of aryl methyl sites for hydroxylation is 2. The zero-order valence-corrected chi connectivity index (χ0v) is 15.5. The van der Waals surface area contributed by atoms with Gasteiger partial charge in [0.15, 0.2) is 0 Å². The molecule has 3 aromatic heterocycles. The second kappa shape index (κ2) is 6.06. The lowest BCUT2D eigenvalue weighted by Crippen LogP contribution is -2.29. The third-order valence-electron chi connectivity index (χ3n) is 5.38. The minimum Gasteiger partial charge on any atom is -0.507 e. The van der Waals surface area contributed by atoms with Gasteiger partial charge in [-0.05, 0) is 50.6 Å². The molecule has 0 bridgehead atoms. The first-order chi connectivity index (χ1) is 13.1. The number of pyridine rings is 1. The molecular formula is C20H22N6O. The van der Waals surface area contributed by atoms with Crippen LogP contribution in [-0.4, -0.2) is 42.7 Å². The van der Waals surface area contributed by atoms with Gasteiger partial charge in [0.1, 0.15) is 16.8 Å². The van der Waals surface area contributed by atoms with Gasteiger partial charge in [0.05, 0.1) is 23.4 Å². The number of fused-ring (bicyclic) bond motifs is 2. The van der Waals surface area contributed by atoms with Crippen LogP contribution in [0.15, 0.2) is 30.6 Å². The summed E-state index contributed by atoms with van der Waals surface area (Å²) in [6, 6.07) is 6.06. The Balaban J connectivity index is 1.62. The largest absolute Gasteiger partial charge is 0.507 e. The average molecular weight is 362 g/mol. The SMILES string of the molecule is Cc1cc(-c2cc3cn(C)nc3cc2O)nc2cn(C3CCNCC3)nc12. The molecule has 27 heavy (non-hydrogen) atoms. The standard InChI is InChI=1S/C20H22N6O/c1-12-7-17(15-8-13-10-25(2)23-16(13)9-19(15)27)22-18-11-26(24-20(12)18)14-3-5-21-6-4-14/h7-11,14,21,27H,3-6H2,1-2H3. The third-order valence-corrected chi connectivity index (χ3v) is 5.38. The molecule has 5 rings (SSSR count). The van der Waals surface area contributed by atoms with Gasteiger partial charge in [-0.3, -0.25) is 9.36 Å². The van der Waals surface area contributed by atoms with Gasteiger partial charge in [-0.2, -0.15) is 10.2 Å². The van der Waals surface area contributed by atoms with Crippen LogP contribution in [0.5, 0.6) is 5.75 Å². The van der Waals surface area contributed by atoms with Crippen LogP contribution < -0.4 is 5.32 Å². The summed E-state index contributed by atoms with van der Waals surface area (Å²) in [6.07, 6.45) is 6.15. The molecule has 1 saturated heterocycles. The summed E-state index contributed by atoms with van der Waals surface area (Å²) < 4.78 is 3.82. The molecule has 4 heterocycles. The summed E-state index contributed by atoms with van der Waals surface area (Å²) in [5.41, 5.74) is 5.11. The summed E-state index contributed by atoms with van der Waals surface area (Å²) in [6.45, 7) is 4.10. The van der Waals surface area contributed by atoms with Gasteiger partial charge in [0.2, 0.25) is 0 Å². The van der Waals surface area contributed by atoms with Crippen LogP contribution in [0.25, 0.3) is 33.2 Å². The highest BCUT2D eigenvalue weighted by Gasteiger charge is 2.18. The molecular weight excluding hydrogens is 340 g/mol. The van der Waals surface area contributed by atoms with E-state index in [0.717, 1.165) is 64.7 Å². The van der Waals surface area contributed by atoms with E-state index in [4.69, 9.17) is 10.1 Å². The summed E-state index contributed by atoms with van der Waals surface area (Å²) >= 11 is 0. The summed E-state index contributed by atoms with van der Waals surface area (Å²) in [5.74, 6) is 0.193. The fourth-order valence-corrected chi connectivity index (χ4v) is 3.97. The number of aromatic hydroxyl groups is 1. The first-order valence-corrected chi connectivity index (χ1v) is 9.32. The molecule has 1 aromatic carbocycles. The normalized spacial score (nSPS) is 15.8. The fourth-order valence-electron chi connectivity index (χ4n) is 3.97. The topological polar surface area (TPSA) is 80.8 Å². The molecule has 0 spiro atoms. The lowest BCUT2D eigenvalue weighted by Gasteiger charge is -2.22. The molecule has 0 aliphatic carbocycles. The van der Waals surface area contributed by atoms with Gasteiger partial charge >= 0.3 is 0 Å². The van der Waals surface area contributed by atoms with Gasteiger partial charge in [0, 0.05) is 30.3 Å². The number of hydrogen-bond donors (Lipinski definition) is 2. The van der Waals surface area contributed by atoms with Crippen LogP contribution in [0.4, 0.5) is 0 Å². The Bertz CT molecular complexity index is 1150. The van der Waals surface area contributed by atoms with E-state index in [9.17, 15) is 5.11 Å². The lowest BCUT2D eigenvalue weighted by atomic mass is 10.1. The molecule has 1 aliphatic rings. The second-order valence-electron chi connectivity index (χ2n) is 7.38. The first-order valence-electron chi connectivity index (χ1n) is 9.32. The lowest BCUT2D eigenvalue weighted by molar-refractivity contribution is 0.345. The number of phenols is 1. The molecule has 0 atom stereocenters. The Kier molecular flexibility index (Phi) is 3.65. The minimum absolute atomic E-state index is 0.193. The van der Waals surface area contributed by atoms with Crippen molar-refractivity contribution >= 4 is 21.9 Å². The van der Waals surface area contributed by atoms with Crippen molar-refractivity contribution in [3.05, 3.63) is 36.2 Å². The van der Waals surface area contributed by atoms with Crippen molar-refractivity contribution in [2.75, 3.05) is 13.1 Å². The van der Waals surface area contributed by atoms with Gasteiger partial charge in [-0.25, -0.2) is 4.98 Å². The summed E-state index contributed by atoms with van der Waals surface area (Å²) in [4.78, 5) is 4.81. The van der Waals surface area contributed by atoms with Crippen molar-refractivity contribution in [3.8, 4) is 17.0 Å². The summed E-state index contributed by atoms with van der Waals surface area (Å²) in [7, 11) is 1.88. The van der Waals surface area contributed by atoms with E-state index in [1.165, 1.54) is 0 Å². The van der Waals surface area contributed by atoms with Crippen molar-refractivity contribution in [2.24, 2.45) is 7.05 Å². The predicted molar refractivity (Wildman–Crippen MR) is 105 cm³/mol. The number of piperidine rings is 1. The van der Waals surface area contributed by atoms with E-state index in [1.54, 1.807) is 10.7 Å². The van der Waals surface area contributed by atoms with Gasteiger partial charge in [-0.1, -0.05) is 0 Å². The molecule has 0 radical (unpaired) electrons. The molecule has 2 N–H and O–H groups in total. The van der Waals surface area contributed by atoms with E-state index in [2.05, 4.69) is 15.1 Å². The molecule has 4 aromatic rings. The third kappa shape index (κ3) is 2.75. The quantitative estimate of drug-likeness (QED) is 0.573. The second-order valence-corrected chi connectivity index (χ2v) is 7.38. The van der Waals surface area contributed by atoms with Gasteiger partial charge < -0.3 is 10.4 Å². The van der Waals surface area contributed by atoms with Crippen LogP contribution in [0.2, 0.25) is 0 Å². The number of nitrogens with zero attached hydrogens (tertiary/aromatic N) is 5. The van der Waals surface area contributed by atoms with E-state index in [0.29, 0.717) is 6.04 Å². The number of nitrogens with one attached hydrogen (secondary N) is 1. The highest BCUT2D eigenvalue weighted by Crippen LogP contribution is 2.34.